The molecular formula is C13H15F3O3. The molecular weight excluding hydrogens is 261 g/mol. The molecule has 1 fully saturated rings. The van der Waals surface area contributed by atoms with Gasteiger partial charge in [0.25, 0.3) is 0 Å². The topological polar surface area (TPSA) is 27.7 Å². The van der Waals surface area contributed by atoms with E-state index in [4.69, 9.17) is 14.2 Å². The molecule has 0 aliphatic carbocycles. The Kier molecular flexibility index (Phi) is 4.66. The third-order valence-corrected chi connectivity index (χ3v) is 2.68. The maximum absolute atomic E-state index is 12.5. The van der Waals surface area contributed by atoms with E-state index in [9.17, 15) is 13.2 Å². The van der Waals surface area contributed by atoms with Crippen LogP contribution < -0.4 is 4.74 Å². The number of halogens is 3. The van der Waals surface area contributed by atoms with Gasteiger partial charge in [0.05, 0.1) is 25.4 Å². The predicted octanol–water partition coefficient (Wildman–Crippen LogP) is 3.24. The smallest absolute Gasteiger partial charge is 0.416 e. The number of ether oxygens (including phenoxy) is 3. The fourth-order valence-corrected chi connectivity index (χ4v) is 1.74. The highest BCUT2D eigenvalue weighted by Crippen LogP contribution is 2.31. The van der Waals surface area contributed by atoms with Gasteiger partial charge in [-0.1, -0.05) is 6.07 Å². The van der Waals surface area contributed by atoms with E-state index in [0.29, 0.717) is 19.6 Å². The van der Waals surface area contributed by atoms with Crippen LogP contribution in [0.4, 0.5) is 13.2 Å². The van der Waals surface area contributed by atoms with Crippen molar-refractivity contribution in [1.29, 1.82) is 0 Å². The summed E-state index contributed by atoms with van der Waals surface area (Å²) in [6, 6.07) is 4.83. The van der Waals surface area contributed by atoms with Crippen molar-refractivity contribution in [1.82, 2.24) is 0 Å². The van der Waals surface area contributed by atoms with Gasteiger partial charge in [-0.05, 0) is 24.6 Å². The third-order valence-electron chi connectivity index (χ3n) is 2.68. The van der Waals surface area contributed by atoms with E-state index < -0.39 is 11.7 Å². The molecule has 1 saturated heterocycles. The second-order valence-electron chi connectivity index (χ2n) is 4.19. The number of hydrogen-bond acceptors (Lipinski definition) is 3. The maximum atomic E-state index is 12.5. The zero-order chi connectivity index (χ0) is 13.7. The summed E-state index contributed by atoms with van der Waals surface area (Å²) in [6.45, 7) is 1.55. The average Bonchev–Trinajstić information content (AvgIpc) is 2.39. The van der Waals surface area contributed by atoms with Gasteiger partial charge < -0.3 is 14.2 Å². The quantitative estimate of drug-likeness (QED) is 0.845. The molecule has 6 heteroatoms. The summed E-state index contributed by atoms with van der Waals surface area (Å²) in [6.07, 6.45) is -3.31. The van der Waals surface area contributed by atoms with Gasteiger partial charge in [-0.25, -0.2) is 0 Å². The first-order valence-corrected chi connectivity index (χ1v) is 6.09. The number of hydrogen-bond donors (Lipinski definition) is 0. The van der Waals surface area contributed by atoms with Gasteiger partial charge in [0.15, 0.2) is 6.29 Å². The lowest BCUT2D eigenvalue weighted by molar-refractivity contribution is -0.183. The van der Waals surface area contributed by atoms with Crippen molar-refractivity contribution < 1.29 is 27.4 Å². The molecule has 1 heterocycles. The molecule has 0 aromatic heterocycles. The second kappa shape index (κ2) is 6.25. The molecule has 106 valence electrons. The van der Waals surface area contributed by atoms with E-state index in [0.717, 1.165) is 18.6 Å². The summed E-state index contributed by atoms with van der Waals surface area (Å²) < 4.78 is 53.4. The van der Waals surface area contributed by atoms with Crippen LogP contribution in [0, 0.1) is 0 Å². The highest BCUT2D eigenvalue weighted by molar-refractivity contribution is 5.30. The van der Waals surface area contributed by atoms with Gasteiger partial charge in [0.2, 0.25) is 0 Å². The SMILES string of the molecule is FC(F)(F)c1cccc(OCCC2OCCCO2)c1. The first kappa shape index (κ1) is 14.1. The molecule has 0 N–H and O–H groups in total. The molecule has 19 heavy (non-hydrogen) atoms. The molecule has 0 atom stereocenters. The van der Waals surface area contributed by atoms with Crippen LogP contribution in [0.15, 0.2) is 24.3 Å². The Hall–Kier alpha value is -1.27. The minimum absolute atomic E-state index is 0.200. The lowest BCUT2D eigenvalue weighted by Crippen LogP contribution is -2.26. The average molecular weight is 276 g/mol. The molecule has 1 aromatic rings. The fraction of sp³-hybridized carbons (Fsp3) is 0.538. The molecule has 0 unspecified atom stereocenters. The third kappa shape index (κ3) is 4.40. The predicted molar refractivity (Wildman–Crippen MR) is 61.9 cm³/mol. The molecule has 1 aliphatic heterocycles. The zero-order valence-electron chi connectivity index (χ0n) is 10.3. The van der Waals surface area contributed by atoms with E-state index in [-0.39, 0.29) is 18.6 Å². The standard InChI is InChI=1S/C13H15F3O3/c14-13(15,16)10-3-1-4-11(9-10)17-8-5-12-18-6-2-7-19-12/h1,3-4,9,12H,2,5-8H2. The van der Waals surface area contributed by atoms with Crippen molar-refractivity contribution in [3.05, 3.63) is 29.8 Å². The Morgan fingerprint density at radius 1 is 1.21 bits per heavy atom. The van der Waals surface area contributed by atoms with Gasteiger partial charge >= 0.3 is 6.18 Å². The molecule has 0 bridgehead atoms. The summed E-state index contributed by atoms with van der Waals surface area (Å²) >= 11 is 0. The number of alkyl halides is 3. The Balaban J connectivity index is 1.82. The zero-order valence-corrected chi connectivity index (χ0v) is 10.3. The van der Waals surface area contributed by atoms with Crippen LogP contribution >= 0.6 is 0 Å². The number of rotatable bonds is 4. The minimum Gasteiger partial charge on any atom is -0.493 e. The fourth-order valence-electron chi connectivity index (χ4n) is 1.74. The molecule has 0 spiro atoms. The minimum atomic E-state index is -4.35. The van der Waals surface area contributed by atoms with Gasteiger partial charge in [-0.3, -0.25) is 0 Å². The van der Waals surface area contributed by atoms with E-state index in [2.05, 4.69) is 0 Å². The van der Waals surface area contributed by atoms with E-state index in [1.807, 2.05) is 0 Å². The Labute approximate surface area is 109 Å². The van der Waals surface area contributed by atoms with Crippen molar-refractivity contribution in [2.24, 2.45) is 0 Å². The summed E-state index contributed by atoms with van der Waals surface area (Å²) in [7, 11) is 0. The van der Waals surface area contributed by atoms with Gasteiger partial charge in [-0.2, -0.15) is 13.2 Å². The van der Waals surface area contributed by atoms with E-state index in [1.54, 1.807) is 0 Å². The first-order valence-electron chi connectivity index (χ1n) is 6.09. The van der Waals surface area contributed by atoms with Crippen LogP contribution in [0.3, 0.4) is 0 Å². The normalized spacial score (nSPS) is 17.4. The molecule has 1 aromatic carbocycles. The highest BCUT2D eigenvalue weighted by atomic mass is 19.4. The van der Waals surface area contributed by atoms with E-state index >= 15 is 0 Å². The van der Waals surface area contributed by atoms with Gasteiger partial charge in [0, 0.05) is 6.42 Å². The largest absolute Gasteiger partial charge is 0.493 e. The molecule has 0 amide bonds. The van der Waals surface area contributed by atoms with Crippen LogP contribution in [0.2, 0.25) is 0 Å². The van der Waals surface area contributed by atoms with Gasteiger partial charge in [-0.15, -0.1) is 0 Å². The maximum Gasteiger partial charge on any atom is 0.416 e. The van der Waals surface area contributed by atoms with Crippen molar-refractivity contribution in [3.8, 4) is 5.75 Å². The monoisotopic (exact) mass is 276 g/mol. The molecule has 0 saturated carbocycles. The van der Waals surface area contributed by atoms with Gasteiger partial charge in [0.1, 0.15) is 5.75 Å². The Morgan fingerprint density at radius 3 is 2.63 bits per heavy atom. The summed E-state index contributed by atoms with van der Waals surface area (Å²) in [5, 5.41) is 0. The van der Waals surface area contributed by atoms with Crippen LogP contribution in [0.25, 0.3) is 0 Å². The molecule has 2 rings (SSSR count). The second-order valence-corrected chi connectivity index (χ2v) is 4.19. The van der Waals surface area contributed by atoms with Crippen LogP contribution in [-0.2, 0) is 15.7 Å². The van der Waals surface area contributed by atoms with Crippen LogP contribution in [0.5, 0.6) is 5.75 Å². The lowest BCUT2D eigenvalue weighted by atomic mass is 10.2. The van der Waals surface area contributed by atoms with Crippen LogP contribution in [0.1, 0.15) is 18.4 Å². The first-order chi connectivity index (χ1) is 9.05. The van der Waals surface area contributed by atoms with Crippen molar-refractivity contribution >= 4 is 0 Å². The summed E-state index contributed by atoms with van der Waals surface area (Å²) in [4.78, 5) is 0. The van der Waals surface area contributed by atoms with Crippen molar-refractivity contribution in [2.75, 3.05) is 19.8 Å². The van der Waals surface area contributed by atoms with Crippen LogP contribution in [-0.4, -0.2) is 26.1 Å². The molecule has 3 nitrogen and oxygen atoms in total. The Bertz CT molecular complexity index is 400. The molecule has 1 aliphatic rings. The highest BCUT2D eigenvalue weighted by Gasteiger charge is 2.30. The Morgan fingerprint density at radius 2 is 1.95 bits per heavy atom. The number of benzene rings is 1. The summed E-state index contributed by atoms with van der Waals surface area (Å²) in [5.74, 6) is 0.200. The molecule has 0 radical (unpaired) electrons. The van der Waals surface area contributed by atoms with Crippen molar-refractivity contribution in [3.63, 3.8) is 0 Å². The lowest BCUT2D eigenvalue weighted by Gasteiger charge is -2.23. The van der Waals surface area contributed by atoms with Crippen molar-refractivity contribution in [2.45, 2.75) is 25.3 Å². The van der Waals surface area contributed by atoms with E-state index in [1.165, 1.54) is 12.1 Å². The summed E-state index contributed by atoms with van der Waals surface area (Å²) in [5.41, 5.74) is -0.713.